The number of hydrogen-bond acceptors (Lipinski definition) is 5. The van der Waals surface area contributed by atoms with Crippen LogP contribution in [0.5, 0.6) is 0 Å². The number of nitrogens with one attached hydrogen (secondary N) is 1. The summed E-state index contributed by atoms with van der Waals surface area (Å²) < 4.78 is 50.6. The maximum Gasteiger partial charge on any atom is 0.417 e. The van der Waals surface area contributed by atoms with E-state index in [0.29, 0.717) is 6.20 Å². The first-order valence-corrected chi connectivity index (χ1v) is 6.13. The SMILES string of the molecule is CNc1ncc(F)c(Sc2ccc(C(F)(F)F)cn2)n1. The average molecular weight is 304 g/mol. The number of nitrogens with zero attached hydrogens (tertiary/aromatic N) is 3. The Hall–Kier alpha value is -1.90. The van der Waals surface area contributed by atoms with Crippen molar-refractivity contribution in [2.75, 3.05) is 12.4 Å². The van der Waals surface area contributed by atoms with E-state index in [9.17, 15) is 17.6 Å². The number of aromatic nitrogens is 3. The molecule has 0 bridgehead atoms. The van der Waals surface area contributed by atoms with Crippen LogP contribution in [0.15, 0.2) is 34.6 Å². The molecule has 0 amide bonds. The minimum absolute atomic E-state index is 0.0170. The first kappa shape index (κ1) is 14.5. The van der Waals surface area contributed by atoms with Crippen LogP contribution in [0.4, 0.5) is 23.5 Å². The van der Waals surface area contributed by atoms with E-state index in [0.717, 1.165) is 30.1 Å². The topological polar surface area (TPSA) is 50.7 Å². The number of rotatable bonds is 3. The maximum absolute atomic E-state index is 13.5. The molecule has 0 radical (unpaired) electrons. The minimum Gasteiger partial charge on any atom is -0.357 e. The molecule has 106 valence electrons. The summed E-state index contributed by atoms with van der Waals surface area (Å²) in [5, 5.41) is 2.83. The number of pyridine rings is 1. The molecule has 2 aromatic rings. The molecule has 1 N–H and O–H groups in total. The molecule has 4 nitrogen and oxygen atoms in total. The van der Waals surface area contributed by atoms with Crippen LogP contribution < -0.4 is 5.32 Å². The van der Waals surface area contributed by atoms with E-state index in [1.807, 2.05) is 0 Å². The molecule has 0 saturated heterocycles. The highest BCUT2D eigenvalue weighted by atomic mass is 32.2. The molecule has 9 heteroatoms. The van der Waals surface area contributed by atoms with Crippen LogP contribution in [0.1, 0.15) is 5.56 Å². The first-order chi connectivity index (χ1) is 9.40. The highest BCUT2D eigenvalue weighted by molar-refractivity contribution is 7.99. The number of hydrogen-bond donors (Lipinski definition) is 1. The Morgan fingerprint density at radius 2 is 1.90 bits per heavy atom. The van der Waals surface area contributed by atoms with Crippen molar-refractivity contribution in [1.82, 2.24) is 15.0 Å². The molecule has 0 atom stereocenters. The molecular formula is C11H8F4N4S. The van der Waals surface area contributed by atoms with Gasteiger partial charge in [0.1, 0.15) is 10.1 Å². The third kappa shape index (κ3) is 3.35. The van der Waals surface area contributed by atoms with Crippen molar-refractivity contribution >= 4 is 17.7 Å². The fraction of sp³-hybridized carbons (Fsp3) is 0.182. The highest BCUT2D eigenvalue weighted by Crippen LogP contribution is 2.31. The van der Waals surface area contributed by atoms with Crippen LogP contribution in [0.2, 0.25) is 0 Å². The molecule has 0 aliphatic heterocycles. The van der Waals surface area contributed by atoms with E-state index in [-0.39, 0.29) is 16.0 Å². The quantitative estimate of drug-likeness (QED) is 0.697. The molecule has 2 rings (SSSR count). The number of alkyl halides is 3. The molecule has 2 heterocycles. The van der Waals surface area contributed by atoms with Crippen LogP contribution in [-0.4, -0.2) is 22.0 Å². The number of halogens is 4. The fourth-order valence-electron chi connectivity index (χ4n) is 1.25. The second-order valence-corrected chi connectivity index (χ2v) is 4.59. The normalized spacial score (nSPS) is 11.4. The third-order valence-electron chi connectivity index (χ3n) is 2.20. The van der Waals surface area contributed by atoms with Gasteiger partial charge in [-0.25, -0.2) is 19.3 Å². The molecule has 0 fully saturated rings. The molecule has 0 aliphatic rings. The van der Waals surface area contributed by atoms with Gasteiger partial charge >= 0.3 is 6.18 Å². The molecule has 0 aliphatic carbocycles. The molecule has 0 spiro atoms. The van der Waals surface area contributed by atoms with Crippen molar-refractivity contribution in [3.05, 3.63) is 35.9 Å². The van der Waals surface area contributed by atoms with Crippen molar-refractivity contribution in [1.29, 1.82) is 0 Å². The molecule has 2 aromatic heterocycles. The molecule has 20 heavy (non-hydrogen) atoms. The molecule has 0 unspecified atom stereocenters. The zero-order valence-corrected chi connectivity index (χ0v) is 10.9. The van der Waals surface area contributed by atoms with E-state index in [1.165, 1.54) is 0 Å². The first-order valence-electron chi connectivity index (χ1n) is 5.31. The van der Waals surface area contributed by atoms with E-state index in [2.05, 4.69) is 20.3 Å². The van der Waals surface area contributed by atoms with Crippen molar-refractivity contribution in [3.63, 3.8) is 0 Å². The predicted molar refractivity (Wildman–Crippen MR) is 64.9 cm³/mol. The lowest BCUT2D eigenvalue weighted by molar-refractivity contribution is -0.137. The summed E-state index contributed by atoms with van der Waals surface area (Å²) >= 11 is 0.819. The van der Waals surface area contributed by atoms with Gasteiger partial charge in [0.2, 0.25) is 5.95 Å². The summed E-state index contributed by atoms with van der Waals surface area (Å²) in [4.78, 5) is 11.2. The Morgan fingerprint density at radius 1 is 1.15 bits per heavy atom. The summed E-state index contributed by atoms with van der Waals surface area (Å²) in [7, 11) is 1.57. The minimum atomic E-state index is -4.45. The summed E-state index contributed by atoms with van der Waals surface area (Å²) in [6.45, 7) is 0. The van der Waals surface area contributed by atoms with Crippen LogP contribution >= 0.6 is 11.8 Å². The number of anilines is 1. The lowest BCUT2D eigenvalue weighted by Gasteiger charge is -2.07. The van der Waals surface area contributed by atoms with Gasteiger partial charge in [-0.2, -0.15) is 13.2 Å². The Morgan fingerprint density at radius 3 is 2.45 bits per heavy atom. The van der Waals surface area contributed by atoms with Gasteiger partial charge in [-0.1, -0.05) is 0 Å². The Balaban J connectivity index is 2.22. The fourth-order valence-corrected chi connectivity index (χ4v) is 1.97. The van der Waals surface area contributed by atoms with Crippen molar-refractivity contribution in [2.24, 2.45) is 0 Å². The van der Waals surface area contributed by atoms with Gasteiger partial charge in [0, 0.05) is 13.2 Å². The lowest BCUT2D eigenvalue weighted by atomic mass is 10.3. The Bertz CT molecular complexity index is 600. The Labute approximate surface area is 115 Å². The predicted octanol–water partition coefficient (Wildman–Crippen LogP) is 3.22. The standard InChI is InChI=1S/C11H8F4N4S/c1-16-10-18-5-7(12)9(19-10)20-8-3-2-6(4-17-8)11(13,14)15/h2-5H,1H3,(H,16,18,19). The van der Waals surface area contributed by atoms with Gasteiger partial charge in [-0.15, -0.1) is 0 Å². The van der Waals surface area contributed by atoms with E-state index < -0.39 is 17.6 Å². The van der Waals surface area contributed by atoms with Gasteiger partial charge in [0.25, 0.3) is 0 Å². The largest absolute Gasteiger partial charge is 0.417 e. The van der Waals surface area contributed by atoms with Crippen LogP contribution in [0.3, 0.4) is 0 Å². The van der Waals surface area contributed by atoms with Crippen LogP contribution in [0.25, 0.3) is 0 Å². The summed E-state index contributed by atoms with van der Waals surface area (Å²) in [5.41, 5.74) is -0.860. The molecule has 0 aromatic carbocycles. The summed E-state index contributed by atoms with van der Waals surface area (Å²) in [6.07, 6.45) is -2.78. The van der Waals surface area contributed by atoms with Crippen molar-refractivity contribution in [3.8, 4) is 0 Å². The van der Waals surface area contributed by atoms with E-state index in [1.54, 1.807) is 7.05 Å². The Kier molecular flexibility index (Phi) is 4.07. The second kappa shape index (κ2) is 5.61. The average Bonchev–Trinajstić information content (AvgIpc) is 2.41. The van der Waals surface area contributed by atoms with Crippen LogP contribution in [-0.2, 0) is 6.18 Å². The molecule has 0 saturated carbocycles. The second-order valence-electron chi connectivity index (χ2n) is 3.58. The molecular weight excluding hydrogens is 296 g/mol. The van der Waals surface area contributed by atoms with E-state index >= 15 is 0 Å². The van der Waals surface area contributed by atoms with Gasteiger partial charge in [0.05, 0.1) is 11.8 Å². The van der Waals surface area contributed by atoms with Crippen LogP contribution in [0, 0.1) is 5.82 Å². The van der Waals surface area contributed by atoms with Gasteiger partial charge in [-0.05, 0) is 23.9 Å². The maximum atomic E-state index is 13.5. The summed E-state index contributed by atoms with van der Waals surface area (Å²) in [6, 6.07) is 2.04. The highest BCUT2D eigenvalue weighted by Gasteiger charge is 2.30. The lowest BCUT2D eigenvalue weighted by Crippen LogP contribution is -2.05. The van der Waals surface area contributed by atoms with E-state index in [4.69, 9.17) is 0 Å². The smallest absolute Gasteiger partial charge is 0.357 e. The van der Waals surface area contributed by atoms with Gasteiger partial charge < -0.3 is 5.32 Å². The monoisotopic (exact) mass is 304 g/mol. The third-order valence-corrected chi connectivity index (χ3v) is 3.13. The zero-order chi connectivity index (χ0) is 14.8. The zero-order valence-electron chi connectivity index (χ0n) is 10.1. The van der Waals surface area contributed by atoms with Gasteiger partial charge in [-0.3, -0.25) is 0 Å². The van der Waals surface area contributed by atoms with Crippen molar-refractivity contribution < 1.29 is 17.6 Å². The van der Waals surface area contributed by atoms with Crippen molar-refractivity contribution in [2.45, 2.75) is 16.2 Å². The van der Waals surface area contributed by atoms with Gasteiger partial charge in [0.15, 0.2) is 5.82 Å². The summed E-state index contributed by atoms with van der Waals surface area (Å²) in [5.74, 6) is -0.462.